The van der Waals surface area contributed by atoms with E-state index in [2.05, 4.69) is 28.6 Å². The van der Waals surface area contributed by atoms with Gasteiger partial charge in [0.05, 0.1) is 17.0 Å². The Morgan fingerprint density at radius 2 is 1.07 bits per heavy atom. The standard InChI is InChI=1S/C34H50N4O6/c1-5-8-11-12-13-20-26(32(42)36-38-34(44)28-22-15-19-25(30(28)40)17-10-7-3)23(4)31(41)35-37-33(43)27-21-14-18-24(29(27)39)16-9-6-2/h14-15,18-19,21-23,26,39-40H,5-13,16-17,20H2,1-4H3,(H,35,41)(H,36,42)(H,37,43)(H,38,44). The Balaban J connectivity index is 2.07. The second-order valence-corrected chi connectivity index (χ2v) is 11.3. The van der Waals surface area contributed by atoms with Gasteiger partial charge in [-0.25, -0.2) is 0 Å². The maximum Gasteiger partial charge on any atom is 0.273 e. The van der Waals surface area contributed by atoms with Crippen molar-refractivity contribution in [3.05, 3.63) is 58.7 Å². The number of phenolic OH excluding ortho intramolecular Hbond substituents is 2. The van der Waals surface area contributed by atoms with Crippen LogP contribution in [0.25, 0.3) is 0 Å². The van der Waals surface area contributed by atoms with E-state index in [0.29, 0.717) is 36.8 Å². The Morgan fingerprint density at radius 1 is 0.614 bits per heavy atom. The number of hydrazine groups is 2. The fourth-order valence-electron chi connectivity index (χ4n) is 5.02. The van der Waals surface area contributed by atoms with Gasteiger partial charge in [-0.3, -0.25) is 40.9 Å². The normalized spacial score (nSPS) is 12.2. The Bertz CT molecular complexity index is 1250. The van der Waals surface area contributed by atoms with Crippen molar-refractivity contribution < 1.29 is 29.4 Å². The van der Waals surface area contributed by atoms with E-state index in [9.17, 15) is 29.4 Å². The highest BCUT2D eigenvalue weighted by atomic mass is 16.3. The minimum absolute atomic E-state index is 0.0431. The Kier molecular flexibility index (Phi) is 15.8. The number of carbonyl (C=O) groups is 4. The van der Waals surface area contributed by atoms with Gasteiger partial charge in [0.25, 0.3) is 11.8 Å². The van der Waals surface area contributed by atoms with E-state index in [4.69, 9.17) is 0 Å². The van der Waals surface area contributed by atoms with Crippen LogP contribution in [0.3, 0.4) is 0 Å². The zero-order valence-corrected chi connectivity index (χ0v) is 26.6. The molecule has 2 unspecified atom stereocenters. The minimum atomic E-state index is -0.853. The predicted octanol–water partition coefficient (Wildman–Crippen LogP) is 5.62. The van der Waals surface area contributed by atoms with Crippen LogP contribution in [0.2, 0.25) is 0 Å². The first kappa shape index (κ1) is 36.1. The Morgan fingerprint density at radius 3 is 1.55 bits per heavy atom. The molecule has 0 saturated carbocycles. The van der Waals surface area contributed by atoms with Crippen LogP contribution < -0.4 is 21.7 Å². The highest BCUT2D eigenvalue weighted by Gasteiger charge is 2.31. The molecular formula is C34H50N4O6. The summed E-state index contributed by atoms with van der Waals surface area (Å²) >= 11 is 0. The topological polar surface area (TPSA) is 157 Å². The van der Waals surface area contributed by atoms with Crippen LogP contribution in [0.5, 0.6) is 11.5 Å². The summed E-state index contributed by atoms with van der Waals surface area (Å²) in [6.07, 6.45) is 10.00. The highest BCUT2D eigenvalue weighted by molar-refractivity contribution is 5.99. The van der Waals surface area contributed by atoms with E-state index in [1.54, 1.807) is 31.2 Å². The van der Waals surface area contributed by atoms with E-state index >= 15 is 0 Å². The molecule has 2 rings (SSSR count). The van der Waals surface area contributed by atoms with Gasteiger partial charge in [0.15, 0.2) is 0 Å². The van der Waals surface area contributed by atoms with Crippen LogP contribution in [-0.4, -0.2) is 33.8 Å². The monoisotopic (exact) mass is 610 g/mol. The number of nitrogens with one attached hydrogen (secondary N) is 4. The van der Waals surface area contributed by atoms with E-state index in [-0.39, 0.29) is 22.6 Å². The Hall–Kier alpha value is -4.08. The molecule has 6 N–H and O–H groups in total. The van der Waals surface area contributed by atoms with Gasteiger partial charge in [0, 0.05) is 5.92 Å². The minimum Gasteiger partial charge on any atom is -0.507 e. The molecule has 2 atom stereocenters. The van der Waals surface area contributed by atoms with E-state index in [1.165, 1.54) is 12.1 Å². The molecule has 44 heavy (non-hydrogen) atoms. The summed E-state index contributed by atoms with van der Waals surface area (Å²) in [7, 11) is 0. The lowest BCUT2D eigenvalue weighted by atomic mass is 9.87. The first-order chi connectivity index (χ1) is 21.2. The fraction of sp³-hybridized carbons (Fsp3) is 0.529. The van der Waals surface area contributed by atoms with Gasteiger partial charge < -0.3 is 10.2 Å². The van der Waals surface area contributed by atoms with Crippen LogP contribution in [-0.2, 0) is 22.4 Å². The number of para-hydroxylation sites is 2. The van der Waals surface area contributed by atoms with Crippen molar-refractivity contribution in [2.24, 2.45) is 11.8 Å². The summed E-state index contributed by atoms with van der Waals surface area (Å²) in [4.78, 5) is 52.0. The number of amides is 4. The van der Waals surface area contributed by atoms with Gasteiger partial charge in [-0.05, 0) is 55.4 Å². The third kappa shape index (κ3) is 10.9. The van der Waals surface area contributed by atoms with Gasteiger partial charge in [-0.1, -0.05) is 96.9 Å². The average Bonchev–Trinajstić information content (AvgIpc) is 3.02. The van der Waals surface area contributed by atoms with Crippen molar-refractivity contribution in [3.8, 4) is 11.5 Å². The van der Waals surface area contributed by atoms with Crippen molar-refractivity contribution in [2.45, 2.75) is 105 Å². The van der Waals surface area contributed by atoms with Crippen LogP contribution in [0.1, 0.15) is 124 Å². The molecule has 0 aromatic heterocycles. The number of phenols is 2. The molecule has 0 aliphatic rings. The quantitative estimate of drug-likeness (QED) is 0.101. The van der Waals surface area contributed by atoms with Crippen LogP contribution in [0, 0.1) is 11.8 Å². The number of rotatable bonds is 17. The SMILES string of the molecule is CCCCCCCC(C(=O)NNC(=O)c1cccc(CCCC)c1O)C(C)C(=O)NNC(=O)c1cccc(CCCC)c1O. The summed E-state index contributed by atoms with van der Waals surface area (Å²) in [6, 6.07) is 9.84. The lowest BCUT2D eigenvalue weighted by Crippen LogP contribution is -2.50. The number of aromatic hydroxyl groups is 2. The van der Waals surface area contributed by atoms with Crippen molar-refractivity contribution >= 4 is 23.6 Å². The lowest BCUT2D eigenvalue weighted by Gasteiger charge is -2.23. The van der Waals surface area contributed by atoms with Crippen LogP contribution >= 0.6 is 0 Å². The summed E-state index contributed by atoms with van der Waals surface area (Å²) in [5.41, 5.74) is 10.9. The molecule has 0 aliphatic carbocycles. The number of aryl methyl sites for hydroxylation is 2. The van der Waals surface area contributed by atoms with Crippen molar-refractivity contribution in [2.75, 3.05) is 0 Å². The number of hydrogen-bond acceptors (Lipinski definition) is 6. The molecule has 0 aliphatic heterocycles. The molecule has 0 saturated heterocycles. The molecule has 0 fully saturated rings. The zero-order chi connectivity index (χ0) is 32.5. The predicted molar refractivity (Wildman–Crippen MR) is 171 cm³/mol. The second kappa shape index (κ2) is 19.2. The number of hydrogen-bond donors (Lipinski definition) is 6. The van der Waals surface area contributed by atoms with Crippen LogP contribution in [0.4, 0.5) is 0 Å². The van der Waals surface area contributed by atoms with E-state index in [0.717, 1.165) is 51.4 Å². The maximum absolute atomic E-state index is 13.3. The number of benzene rings is 2. The maximum atomic E-state index is 13.3. The molecule has 10 heteroatoms. The molecule has 0 heterocycles. The fourth-order valence-corrected chi connectivity index (χ4v) is 5.02. The summed E-state index contributed by atoms with van der Waals surface area (Å²) < 4.78 is 0. The second-order valence-electron chi connectivity index (χ2n) is 11.3. The van der Waals surface area contributed by atoms with Gasteiger partial charge >= 0.3 is 0 Å². The molecule has 242 valence electrons. The molecule has 0 bridgehead atoms. The van der Waals surface area contributed by atoms with Gasteiger partial charge in [0.1, 0.15) is 11.5 Å². The lowest BCUT2D eigenvalue weighted by molar-refractivity contribution is -0.135. The zero-order valence-electron chi connectivity index (χ0n) is 26.6. The number of unbranched alkanes of at least 4 members (excludes halogenated alkanes) is 6. The molecule has 4 amide bonds. The highest BCUT2D eigenvalue weighted by Crippen LogP contribution is 2.26. The van der Waals surface area contributed by atoms with Gasteiger partial charge in [0.2, 0.25) is 11.8 Å². The van der Waals surface area contributed by atoms with Crippen molar-refractivity contribution in [1.29, 1.82) is 0 Å². The Labute approximate surface area is 261 Å². The van der Waals surface area contributed by atoms with Gasteiger partial charge in [-0.15, -0.1) is 0 Å². The molecular weight excluding hydrogens is 560 g/mol. The smallest absolute Gasteiger partial charge is 0.273 e. The van der Waals surface area contributed by atoms with E-state index in [1.807, 2.05) is 13.8 Å². The third-order valence-corrected chi connectivity index (χ3v) is 7.90. The number of carbonyl (C=O) groups excluding carboxylic acids is 4. The molecule has 0 radical (unpaired) electrons. The molecule has 2 aromatic carbocycles. The average molecular weight is 611 g/mol. The molecule has 2 aromatic rings. The molecule has 0 spiro atoms. The summed E-state index contributed by atoms with van der Waals surface area (Å²) in [6.45, 7) is 7.77. The largest absolute Gasteiger partial charge is 0.507 e. The van der Waals surface area contributed by atoms with Crippen molar-refractivity contribution in [1.82, 2.24) is 21.7 Å². The molecule has 10 nitrogen and oxygen atoms in total. The van der Waals surface area contributed by atoms with Crippen LogP contribution in [0.15, 0.2) is 36.4 Å². The van der Waals surface area contributed by atoms with Gasteiger partial charge in [-0.2, -0.15) is 0 Å². The summed E-state index contributed by atoms with van der Waals surface area (Å²) in [5.74, 6) is -4.37. The first-order valence-corrected chi connectivity index (χ1v) is 16.0. The van der Waals surface area contributed by atoms with Crippen molar-refractivity contribution in [3.63, 3.8) is 0 Å². The third-order valence-electron chi connectivity index (χ3n) is 7.90. The first-order valence-electron chi connectivity index (χ1n) is 16.0. The van der Waals surface area contributed by atoms with E-state index < -0.39 is 35.5 Å². The summed E-state index contributed by atoms with van der Waals surface area (Å²) in [5, 5.41) is 21.1.